The number of hydrogen-bond donors (Lipinski definition) is 3. The van der Waals surface area contributed by atoms with Crippen molar-refractivity contribution in [2.75, 3.05) is 18.1 Å². The Morgan fingerprint density at radius 2 is 1.61 bits per heavy atom. The molecule has 0 heterocycles. The van der Waals surface area contributed by atoms with E-state index in [9.17, 15) is 20.1 Å². The van der Waals surface area contributed by atoms with Crippen LogP contribution in [-0.2, 0) is 4.74 Å². The summed E-state index contributed by atoms with van der Waals surface area (Å²) in [6.45, 7) is 3.56. The molecule has 1 rings (SSSR count). The normalized spacial score (nSPS) is 15.2. The molecule has 23 heavy (non-hydrogen) atoms. The Bertz CT molecular complexity index is 451. The number of aliphatic hydroxyl groups excluding tert-OH is 3. The van der Waals surface area contributed by atoms with Crippen molar-refractivity contribution in [2.24, 2.45) is 0 Å². The SMILES string of the molecule is CCSC(SCC)C(O)C(O)C(O)COC(=O)c1ccccc1. The quantitative estimate of drug-likeness (QED) is 0.433. The van der Waals surface area contributed by atoms with Gasteiger partial charge in [-0.15, -0.1) is 23.5 Å². The summed E-state index contributed by atoms with van der Waals surface area (Å²) < 4.78 is 4.75. The molecule has 130 valence electrons. The van der Waals surface area contributed by atoms with Crippen molar-refractivity contribution in [1.29, 1.82) is 0 Å². The minimum atomic E-state index is -1.37. The maximum atomic E-state index is 11.8. The molecule has 3 atom stereocenters. The highest BCUT2D eigenvalue weighted by Crippen LogP contribution is 2.28. The van der Waals surface area contributed by atoms with Crippen LogP contribution in [0.3, 0.4) is 0 Å². The van der Waals surface area contributed by atoms with Crippen molar-refractivity contribution in [1.82, 2.24) is 0 Å². The molecular weight excluding hydrogens is 336 g/mol. The van der Waals surface area contributed by atoms with Crippen LogP contribution in [0.2, 0.25) is 0 Å². The molecule has 1 aromatic carbocycles. The van der Waals surface area contributed by atoms with Crippen LogP contribution < -0.4 is 0 Å². The lowest BCUT2D eigenvalue weighted by atomic mass is 10.1. The first-order valence-electron chi connectivity index (χ1n) is 7.50. The van der Waals surface area contributed by atoms with E-state index in [-0.39, 0.29) is 11.2 Å². The Morgan fingerprint density at radius 1 is 1.04 bits per heavy atom. The lowest BCUT2D eigenvalue weighted by Gasteiger charge is -2.28. The topological polar surface area (TPSA) is 87.0 Å². The lowest BCUT2D eigenvalue weighted by molar-refractivity contribution is -0.0746. The number of carbonyl (C=O) groups is 1. The second-order valence-corrected chi connectivity index (χ2v) is 7.93. The molecule has 0 saturated heterocycles. The van der Waals surface area contributed by atoms with Gasteiger partial charge in [0.15, 0.2) is 0 Å². The van der Waals surface area contributed by atoms with Crippen LogP contribution >= 0.6 is 23.5 Å². The average Bonchev–Trinajstić information content (AvgIpc) is 2.58. The van der Waals surface area contributed by atoms with Crippen molar-refractivity contribution in [3.8, 4) is 0 Å². The number of rotatable bonds is 10. The van der Waals surface area contributed by atoms with E-state index in [1.165, 1.54) is 23.5 Å². The maximum absolute atomic E-state index is 11.8. The van der Waals surface area contributed by atoms with E-state index in [1.54, 1.807) is 30.3 Å². The largest absolute Gasteiger partial charge is 0.459 e. The number of esters is 1. The van der Waals surface area contributed by atoms with Gasteiger partial charge in [-0.2, -0.15) is 0 Å². The van der Waals surface area contributed by atoms with E-state index in [0.717, 1.165) is 11.5 Å². The van der Waals surface area contributed by atoms with Gasteiger partial charge in [-0.05, 0) is 23.6 Å². The van der Waals surface area contributed by atoms with Crippen LogP contribution in [0.5, 0.6) is 0 Å². The predicted molar refractivity (Wildman–Crippen MR) is 94.8 cm³/mol. The van der Waals surface area contributed by atoms with E-state index in [2.05, 4.69) is 0 Å². The maximum Gasteiger partial charge on any atom is 0.338 e. The van der Waals surface area contributed by atoms with E-state index in [1.807, 2.05) is 13.8 Å². The van der Waals surface area contributed by atoms with Gasteiger partial charge in [-0.1, -0.05) is 32.0 Å². The van der Waals surface area contributed by atoms with Crippen LogP contribution in [0.15, 0.2) is 30.3 Å². The Labute approximate surface area is 145 Å². The number of carbonyl (C=O) groups excluding carboxylic acids is 1. The van der Waals surface area contributed by atoms with Gasteiger partial charge in [0.25, 0.3) is 0 Å². The molecule has 0 aliphatic carbocycles. The molecule has 0 amide bonds. The highest BCUT2D eigenvalue weighted by molar-refractivity contribution is 8.17. The molecule has 3 unspecified atom stereocenters. The van der Waals surface area contributed by atoms with Gasteiger partial charge in [0.05, 0.1) is 10.1 Å². The van der Waals surface area contributed by atoms with E-state index in [4.69, 9.17) is 4.74 Å². The fourth-order valence-corrected chi connectivity index (χ4v) is 4.45. The summed E-state index contributed by atoms with van der Waals surface area (Å²) >= 11 is 3.02. The predicted octanol–water partition coefficient (Wildman–Crippen LogP) is 1.76. The molecule has 3 N–H and O–H groups in total. The molecule has 1 aromatic rings. The van der Waals surface area contributed by atoms with E-state index in [0.29, 0.717) is 5.56 Å². The van der Waals surface area contributed by atoms with Crippen LogP contribution in [-0.4, -0.2) is 62.3 Å². The van der Waals surface area contributed by atoms with Gasteiger partial charge in [-0.3, -0.25) is 0 Å². The number of benzene rings is 1. The first kappa shape index (κ1) is 20.3. The fourth-order valence-electron chi connectivity index (χ4n) is 1.88. The van der Waals surface area contributed by atoms with Crippen molar-refractivity contribution in [3.05, 3.63) is 35.9 Å². The van der Waals surface area contributed by atoms with E-state index >= 15 is 0 Å². The molecule has 0 fully saturated rings. The van der Waals surface area contributed by atoms with Crippen molar-refractivity contribution >= 4 is 29.5 Å². The molecule has 5 nitrogen and oxygen atoms in total. The Hall–Kier alpha value is -0.730. The highest BCUT2D eigenvalue weighted by Gasteiger charge is 2.32. The molecule has 0 aliphatic heterocycles. The summed E-state index contributed by atoms with van der Waals surface area (Å²) in [6.07, 6.45) is -3.81. The Kier molecular flexibility index (Phi) is 9.66. The third-order valence-electron chi connectivity index (χ3n) is 3.08. The van der Waals surface area contributed by atoms with Gasteiger partial charge in [0.1, 0.15) is 24.9 Å². The van der Waals surface area contributed by atoms with Crippen LogP contribution in [0.1, 0.15) is 24.2 Å². The van der Waals surface area contributed by atoms with Gasteiger partial charge >= 0.3 is 5.97 Å². The van der Waals surface area contributed by atoms with Crippen LogP contribution in [0.25, 0.3) is 0 Å². The number of hydrogen-bond acceptors (Lipinski definition) is 7. The van der Waals surface area contributed by atoms with Crippen molar-refractivity contribution < 1.29 is 24.9 Å². The molecule has 0 bridgehead atoms. The monoisotopic (exact) mass is 360 g/mol. The summed E-state index contributed by atoms with van der Waals surface area (Å²) in [4.78, 5) is 11.8. The minimum absolute atomic E-state index is 0.237. The zero-order valence-corrected chi connectivity index (χ0v) is 14.9. The van der Waals surface area contributed by atoms with Gasteiger partial charge in [0, 0.05) is 0 Å². The molecule has 0 radical (unpaired) electrons. The fraction of sp³-hybridized carbons (Fsp3) is 0.562. The lowest BCUT2D eigenvalue weighted by Crippen LogP contribution is -2.44. The van der Waals surface area contributed by atoms with Crippen molar-refractivity contribution in [3.63, 3.8) is 0 Å². The summed E-state index contributed by atoms with van der Waals surface area (Å²) in [5.74, 6) is 1.01. The van der Waals surface area contributed by atoms with Crippen LogP contribution in [0.4, 0.5) is 0 Å². The number of aliphatic hydroxyl groups is 3. The summed E-state index contributed by atoms with van der Waals surface area (Å²) in [7, 11) is 0. The zero-order valence-electron chi connectivity index (χ0n) is 13.3. The molecule has 7 heteroatoms. The smallest absolute Gasteiger partial charge is 0.338 e. The number of thioether (sulfide) groups is 2. The van der Waals surface area contributed by atoms with Crippen LogP contribution in [0, 0.1) is 0 Å². The summed E-state index contributed by atoms with van der Waals surface area (Å²) in [6, 6.07) is 8.40. The molecule has 0 saturated carbocycles. The van der Waals surface area contributed by atoms with Gasteiger partial charge < -0.3 is 20.1 Å². The summed E-state index contributed by atoms with van der Waals surface area (Å²) in [5.41, 5.74) is 0.371. The first-order valence-corrected chi connectivity index (χ1v) is 9.60. The Morgan fingerprint density at radius 3 is 2.13 bits per heavy atom. The third-order valence-corrected chi connectivity index (χ3v) is 5.78. The second-order valence-electron chi connectivity index (χ2n) is 4.79. The number of ether oxygens (including phenoxy) is 1. The van der Waals surface area contributed by atoms with Crippen molar-refractivity contribution in [2.45, 2.75) is 36.7 Å². The molecule has 0 spiro atoms. The van der Waals surface area contributed by atoms with Gasteiger partial charge in [0.2, 0.25) is 0 Å². The minimum Gasteiger partial charge on any atom is -0.459 e. The summed E-state index contributed by atoms with van der Waals surface area (Å²) in [5, 5.41) is 30.2. The standard InChI is InChI=1S/C16H24O5S2/c1-3-22-16(23-4-2)14(19)13(18)12(17)10-21-15(20)11-8-6-5-7-9-11/h5-9,12-14,16-19H,3-4,10H2,1-2H3. The molecule has 0 aromatic heterocycles. The van der Waals surface area contributed by atoms with E-state index < -0.39 is 24.3 Å². The Balaban J connectivity index is 2.52. The molecular formula is C16H24O5S2. The third kappa shape index (κ3) is 6.73. The average molecular weight is 360 g/mol. The second kappa shape index (κ2) is 10.9. The first-order chi connectivity index (χ1) is 11.0. The highest BCUT2D eigenvalue weighted by atomic mass is 32.2. The zero-order chi connectivity index (χ0) is 17.2. The molecule has 0 aliphatic rings. The van der Waals surface area contributed by atoms with Gasteiger partial charge in [-0.25, -0.2) is 4.79 Å².